The van der Waals surface area contributed by atoms with Gasteiger partial charge in [-0.3, -0.25) is 4.79 Å². The number of nitrogens with one attached hydrogen (secondary N) is 2. The van der Waals surface area contributed by atoms with Crippen LogP contribution in [0.3, 0.4) is 0 Å². The molecule has 1 aromatic rings. The normalized spacial score (nSPS) is 17.2. The average Bonchev–Trinajstić information content (AvgIpc) is 2.54. The first-order valence-corrected chi connectivity index (χ1v) is 7.67. The van der Waals surface area contributed by atoms with Crippen molar-refractivity contribution in [2.75, 3.05) is 25.1 Å². The van der Waals surface area contributed by atoms with Gasteiger partial charge in [-0.2, -0.15) is 0 Å². The predicted molar refractivity (Wildman–Crippen MR) is 81.3 cm³/mol. The molecule has 0 aliphatic carbocycles. The van der Waals surface area contributed by atoms with E-state index in [0.29, 0.717) is 17.4 Å². The summed E-state index contributed by atoms with van der Waals surface area (Å²) in [4.78, 5) is 12.2. The van der Waals surface area contributed by atoms with Crippen molar-refractivity contribution in [3.05, 3.63) is 17.8 Å². The molecule has 0 aromatic carbocycles. The number of carbonyl (C=O) groups excluding carboxylic acids is 1. The van der Waals surface area contributed by atoms with Gasteiger partial charge < -0.3 is 15.4 Å². The van der Waals surface area contributed by atoms with Gasteiger partial charge in [0.05, 0.1) is 0 Å². The van der Waals surface area contributed by atoms with Gasteiger partial charge in [-0.25, -0.2) is 0 Å². The SMILES string of the molecule is CCCNc1ccc(C(=O)NC(C)C2CCOCC2)nn1. The van der Waals surface area contributed by atoms with E-state index >= 15 is 0 Å². The second-order valence-corrected chi connectivity index (χ2v) is 5.44. The van der Waals surface area contributed by atoms with Crippen LogP contribution in [0.4, 0.5) is 5.82 Å². The molecule has 2 heterocycles. The molecule has 1 unspecified atom stereocenters. The first-order chi connectivity index (χ1) is 10.2. The minimum Gasteiger partial charge on any atom is -0.381 e. The van der Waals surface area contributed by atoms with Gasteiger partial charge in [0, 0.05) is 25.8 Å². The van der Waals surface area contributed by atoms with Crippen LogP contribution >= 0.6 is 0 Å². The summed E-state index contributed by atoms with van der Waals surface area (Å²) in [6.45, 7) is 6.53. The number of amides is 1. The molecule has 0 spiro atoms. The monoisotopic (exact) mass is 292 g/mol. The minimum absolute atomic E-state index is 0.126. The second kappa shape index (κ2) is 7.93. The summed E-state index contributed by atoms with van der Waals surface area (Å²) < 4.78 is 5.34. The van der Waals surface area contributed by atoms with Gasteiger partial charge in [0.15, 0.2) is 5.69 Å². The number of hydrogen-bond acceptors (Lipinski definition) is 5. The maximum Gasteiger partial charge on any atom is 0.272 e. The van der Waals surface area contributed by atoms with Crippen LogP contribution in [0.15, 0.2) is 12.1 Å². The molecule has 116 valence electrons. The number of hydrogen-bond donors (Lipinski definition) is 2. The molecule has 1 aromatic heterocycles. The van der Waals surface area contributed by atoms with Crippen LogP contribution in [0.2, 0.25) is 0 Å². The summed E-state index contributed by atoms with van der Waals surface area (Å²) in [5, 5.41) is 14.1. The Bertz CT molecular complexity index is 443. The Hall–Kier alpha value is -1.69. The van der Waals surface area contributed by atoms with Crippen LogP contribution in [0.1, 0.15) is 43.6 Å². The topological polar surface area (TPSA) is 76.1 Å². The van der Waals surface area contributed by atoms with Crippen LogP contribution in [0.5, 0.6) is 0 Å². The highest BCUT2D eigenvalue weighted by atomic mass is 16.5. The molecule has 21 heavy (non-hydrogen) atoms. The molecule has 6 heteroatoms. The van der Waals surface area contributed by atoms with Gasteiger partial charge in [-0.05, 0) is 44.2 Å². The molecule has 0 saturated carbocycles. The molecule has 1 aliphatic rings. The average molecular weight is 292 g/mol. The van der Waals surface area contributed by atoms with E-state index in [2.05, 4.69) is 27.8 Å². The van der Waals surface area contributed by atoms with Crippen LogP contribution in [0.25, 0.3) is 0 Å². The van der Waals surface area contributed by atoms with Crippen LogP contribution < -0.4 is 10.6 Å². The van der Waals surface area contributed by atoms with E-state index < -0.39 is 0 Å². The van der Waals surface area contributed by atoms with Crippen molar-refractivity contribution in [3.63, 3.8) is 0 Å². The first-order valence-electron chi connectivity index (χ1n) is 7.67. The van der Waals surface area contributed by atoms with E-state index in [0.717, 1.165) is 39.0 Å². The summed E-state index contributed by atoms with van der Waals surface area (Å²) >= 11 is 0. The van der Waals surface area contributed by atoms with E-state index in [-0.39, 0.29) is 11.9 Å². The third kappa shape index (κ3) is 4.67. The standard InChI is InChI=1S/C15H24N4O2/c1-3-8-16-14-5-4-13(18-19-14)15(20)17-11(2)12-6-9-21-10-7-12/h4-5,11-12H,3,6-10H2,1-2H3,(H,16,19)(H,17,20). The molecular formula is C15H24N4O2. The highest BCUT2D eigenvalue weighted by molar-refractivity contribution is 5.92. The van der Waals surface area contributed by atoms with Gasteiger partial charge in [0.1, 0.15) is 5.82 Å². The number of rotatable bonds is 6. The number of aromatic nitrogens is 2. The second-order valence-electron chi connectivity index (χ2n) is 5.44. The van der Waals surface area contributed by atoms with Crippen molar-refractivity contribution in [2.45, 2.75) is 39.2 Å². The smallest absolute Gasteiger partial charge is 0.272 e. The maximum absolute atomic E-state index is 12.2. The van der Waals surface area contributed by atoms with E-state index in [1.165, 1.54) is 0 Å². The highest BCUT2D eigenvalue weighted by Crippen LogP contribution is 2.18. The van der Waals surface area contributed by atoms with E-state index in [9.17, 15) is 4.79 Å². The summed E-state index contributed by atoms with van der Waals surface area (Å²) in [6, 6.07) is 3.62. The van der Waals surface area contributed by atoms with Crippen LogP contribution in [-0.2, 0) is 4.74 Å². The summed E-state index contributed by atoms with van der Waals surface area (Å²) in [5.41, 5.74) is 0.357. The number of ether oxygens (including phenoxy) is 1. The summed E-state index contributed by atoms with van der Waals surface area (Å²) in [6.07, 6.45) is 3.01. The number of nitrogens with zero attached hydrogens (tertiary/aromatic N) is 2. The van der Waals surface area contributed by atoms with Crippen molar-refractivity contribution in [2.24, 2.45) is 5.92 Å². The molecular weight excluding hydrogens is 268 g/mol. The minimum atomic E-state index is -0.163. The molecule has 1 saturated heterocycles. The van der Waals surface area contributed by atoms with Crippen molar-refractivity contribution in [3.8, 4) is 0 Å². The number of carbonyl (C=O) groups is 1. The molecule has 1 aliphatic heterocycles. The zero-order chi connectivity index (χ0) is 15.1. The van der Waals surface area contributed by atoms with Gasteiger partial charge in [-0.1, -0.05) is 6.92 Å². The molecule has 1 amide bonds. The van der Waals surface area contributed by atoms with Crippen molar-refractivity contribution in [1.29, 1.82) is 0 Å². The van der Waals surface area contributed by atoms with Crippen molar-refractivity contribution in [1.82, 2.24) is 15.5 Å². The fourth-order valence-corrected chi connectivity index (χ4v) is 2.42. The third-order valence-electron chi connectivity index (χ3n) is 3.79. The molecule has 1 fully saturated rings. The van der Waals surface area contributed by atoms with Gasteiger partial charge in [-0.15, -0.1) is 10.2 Å². The van der Waals surface area contributed by atoms with Gasteiger partial charge in [0.25, 0.3) is 5.91 Å². The lowest BCUT2D eigenvalue weighted by Gasteiger charge is -2.28. The molecule has 0 bridgehead atoms. The first kappa shape index (κ1) is 15.7. The number of anilines is 1. The summed E-state index contributed by atoms with van der Waals surface area (Å²) in [7, 11) is 0. The van der Waals surface area contributed by atoms with E-state index in [4.69, 9.17) is 4.74 Å². The maximum atomic E-state index is 12.2. The van der Waals surface area contributed by atoms with Gasteiger partial charge in [0.2, 0.25) is 0 Å². The van der Waals surface area contributed by atoms with Crippen molar-refractivity contribution < 1.29 is 9.53 Å². The lowest BCUT2D eigenvalue weighted by atomic mass is 9.93. The Morgan fingerprint density at radius 3 is 2.76 bits per heavy atom. The van der Waals surface area contributed by atoms with E-state index in [1.807, 2.05) is 6.92 Å². The zero-order valence-electron chi connectivity index (χ0n) is 12.8. The molecule has 2 rings (SSSR count). The Morgan fingerprint density at radius 1 is 1.38 bits per heavy atom. The Kier molecular flexibility index (Phi) is 5.92. The zero-order valence-corrected chi connectivity index (χ0v) is 12.8. The van der Waals surface area contributed by atoms with Gasteiger partial charge >= 0.3 is 0 Å². The Labute approximate surface area is 125 Å². The Balaban J connectivity index is 1.87. The Morgan fingerprint density at radius 2 is 2.14 bits per heavy atom. The lowest BCUT2D eigenvalue weighted by Crippen LogP contribution is -2.40. The fraction of sp³-hybridized carbons (Fsp3) is 0.667. The van der Waals surface area contributed by atoms with E-state index in [1.54, 1.807) is 12.1 Å². The molecule has 2 N–H and O–H groups in total. The van der Waals surface area contributed by atoms with Crippen LogP contribution in [0, 0.1) is 5.92 Å². The lowest BCUT2D eigenvalue weighted by molar-refractivity contribution is 0.0537. The largest absolute Gasteiger partial charge is 0.381 e. The quantitative estimate of drug-likeness (QED) is 0.836. The molecule has 6 nitrogen and oxygen atoms in total. The predicted octanol–water partition coefficient (Wildman–Crippen LogP) is 1.84. The highest BCUT2D eigenvalue weighted by Gasteiger charge is 2.22. The summed E-state index contributed by atoms with van der Waals surface area (Å²) in [5.74, 6) is 1.01. The van der Waals surface area contributed by atoms with Crippen LogP contribution in [-0.4, -0.2) is 41.9 Å². The molecule has 1 atom stereocenters. The third-order valence-corrected chi connectivity index (χ3v) is 3.79. The van der Waals surface area contributed by atoms with Crippen molar-refractivity contribution >= 4 is 11.7 Å². The fourth-order valence-electron chi connectivity index (χ4n) is 2.42. The molecule has 0 radical (unpaired) electrons.